The lowest BCUT2D eigenvalue weighted by atomic mass is 9.86. The number of nitrogen functional groups attached to an aromatic ring is 1. The molecule has 2 N–H and O–H groups in total. The van der Waals surface area contributed by atoms with Crippen molar-refractivity contribution >= 4 is 5.95 Å². The maximum atomic E-state index is 13.4. The number of rotatable bonds is 3. The molecule has 27 heavy (non-hydrogen) atoms. The third-order valence-electron chi connectivity index (χ3n) is 5.64. The molecule has 2 fully saturated rings. The quantitative estimate of drug-likeness (QED) is 0.717. The average molecular weight is 365 g/mol. The van der Waals surface area contributed by atoms with Gasteiger partial charge in [-0.05, 0) is 56.0 Å². The van der Waals surface area contributed by atoms with Gasteiger partial charge in [-0.3, -0.25) is 0 Å². The predicted octanol–water partition coefficient (Wildman–Crippen LogP) is 3.61. The molecule has 0 radical (unpaired) electrons. The van der Waals surface area contributed by atoms with Crippen LogP contribution in [0.5, 0.6) is 0 Å². The Hall–Kier alpha value is -2.80. The molecule has 1 saturated carbocycles. The molecule has 7 heteroatoms. The zero-order chi connectivity index (χ0) is 18.4. The van der Waals surface area contributed by atoms with Crippen LogP contribution in [0.2, 0.25) is 0 Å². The molecule has 0 unspecified atom stereocenters. The second kappa shape index (κ2) is 6.13. The Bertz CT molecular complexity index is 970. The fraction of sp³-hybridized carbons (Fsp3) is 0.350. The fourth-order valence-corrected chi connectivity index (χ4v) is 4.01. The monoisotopic (exact) mass is 365 g/mol. The van der Waals surface area contributed by atoms with E-state index in [0.717, 1.165) is 54.9 Å². The van der Waals surface area contributed by atoms with Crippen molar-refractivity contribution in [1.82, 2.24) is 19.5 Å². The lowest BCUT2D eigenvalue weighted by Crippen LogP contribution is -2.23. The van der Waals surface area contributed by atoms with E-state index in [1.54, 1.807) is 18.3 Å². The number of benzene rings is 1. The van der Waals surface area contributed by atoms with Crippen molar-refractivity contribution in [2.24, 2.45) is 0 Å². The van der Waals surface area contributed by atoms with Gasteiger partial charge in [0.2, 0.25) is 5.95 Å². The van der Waals surface area contributed by atoms with Crippen molar-refractivity contribution in [2.75, 3.05) is 12.3 Å². The molecule has 3 heterocycles. The zero-order valence-electron chi connectivity index (χ0n) is 14.8. The van der Waals surface area contributed by atoms with E-state index in [4.69, 9.17) is 10.5 Å². The van der Waals surface area contributed by atoms with E-state index < -0.39 is 0 Å². The summed E-state index contributed by atoms with van der Waals surface area (Å²) in [5.41, 5.74) is 9.21. The molecule has 1 aliphatic carbocycles. The molecule has 1 spiro atoms. The van der Waals surface area contributed by atoms with Crippen molar-refractivity contribution in [3.63, 3.8) is 0 Å². The van der Waals surface area contributed by atoms with Crippen molar-refractivity contribution in [3.05, 3.63) is 48.7 Å². The summed E-state index contributed by atoms with van der Waals surface area (Å²) in [5.74, 6) is -0.0488. The van der Waals surface area contributed by atoms with Gasteiger partial charge in [0.15, 0.2) is 0 Å². The SMILES string of the molecule is Nc1nccc(-c2c(-c3ccc(F)cc3)ncn2C2CCC3(CC2)CO3)n1. The number of hydrogen-bond acceptors (Lipinski definition) is 5. The first-order chi connectivity index (χ1) is 13.1. The summed E-state index contributed by atoms with van der Waals surface area (Å²) in [7, 11) is 0. The maximum Gasteiger partial charge on any atom is 0.220 e. The Morgan fingerprint density at radius 2 is 1.85 bits per heavy atom. The molecule has 6 nitrogen and oxygen atoms in total. The number of nitrogens with zero attached hydrogens (tertiary/aromatic N) is 4. The van der Waals surface area contributed by atoms with Crippen LogP contribution in [-0.2, 0) is 4.74 Å². The number of aromatic nitrogens is 4. The summed E-state index contributed by atoms with van der Waals surface area (Å²) in [5, 5.41) is 0. The number of imidazole rings is 1. The lowest BCUT2D eigenvalue weighted by Gasteiger charge is -2.28. The summed E-state index contributed by atoms with van der Waals surface area (Å²) in [6.07, 6.45) is 7.71. The molecule has 0 bridgehead atoms. The Morgan fingerprint density at radius 3 is 2.52 bits per heavy atom. The second-order valence-electron chi connectivity index (χ2n) is 7.36. The van der Waals surface area contributed by atoms with Gasteiger partial charge in [0, 0.05) is 17.8 Å². The molecular weight excluding hydrogens is 345 g/mol. The van der Waals surface area contributed by atoms with Crippen LogP contribution in [0.4, 0.5) is 10.3 Å². The molecule has 138 valence electrons. The van der Waals surface area contributed by atoms with Crippen molar-refractivity contribution in [1.29, 1.82) is 0 Å². The van der Waals surface area contributed by atoms with Gasteiger partial charge in [0.25, 0.3) is 0 Å². The molecule has 5 rings (SSSR count). The van der Waals surface area contributed by atoms with Gasteiger partial charge in [-0.15, -0.1) is 0 Å². The standard InChI is InChI=1S/C20H20FN5O/c21-14-3-1-13(2-4-14)17-18(16-7-10-23-19(22)25-16)26(12-24-17)15-5-8-20(9-6-15)11-27-20/h1-4,7,10,12,15H,5-6,8-9,11H2,(H2,22,23,25). The third-order valence-corrected chi connectivity index (χ3v) is 5.64. The van der Waals surface area contributed by atoms with E-state index in [-0.39, 0.29) is 17.4 Å². The number of nitrogens with two attached hydrogens (primary N) is 1. The number of halogens is 1. The van der Waals surface area contributed by atoms with Crippen LogP contribution in [0.1, 0.15) is 31.7 Å². The van der Waals surface area contributed by atoms with Gasteiger partial charge in [-0.25, -0.2) is 19.3 Å². The van der Waals surface area contributed by atoms with Crippen molar-refractivity contribution in [3.8, 4) is 22.6 Å². The summed E-state index contributed by atoms with van der Waals surface area (Å²) in [4.78, 5) is 13.1. The van der Waals surface area contributed by atoms with Crippen LogP contribution >= 0.6 is 0 Å². The third kappa shape index (κ3) is 2.98. The molecule has 3 aromatic rings. The summed E-state index contributed by atoms with van der Waals surface area (Å²) < 4.78 is 21.2. The van der Waals surface area contributed by atoms with E-state index >= 15 is 0 Å². The molecule has 1 saturated heterocycles. The zero-order valence-corrected chi connectivity index (χ0v) is 14.8. The van der Waals surface area contributed by atoms with Crippen LogP contribution in [-0.4, -0.2) is 31.7 Å². The van der Waals surface area contributed by atoms with E-state index in [9.17, 15) is 4.39 Å². The van der Waals surface area contributed by atoms with Gasteiger partial charge in [0.1, 0.15) is 5.82 Å². The maximum absolute atomic E-state index is 13.4. The number of epoxide rings is 1. The molecule has 2 aromatic heterocycles. The number of ether oxygens (including phenoxy) is 1. The highest BCUT2D eigenvalue weighted by Crippen LogP contribution is 2.46. The minimum atomic E-state index is -0.270. The Morgan fingerprint density at radius 1 is 1.11 bits per heavy atom. The molecule has 0 amide bonds. The molecular formula is C20H20FN5O. The predicted molar refractivity (Wildman–Crippen MR) is 99.2 cm³/mol. The van der Waals surface area contributed by atoms with Crippen LogP contribution in [0.25, 0.3) is 22.6 Å². The van der Waals surface area contributed by atoms with E-state index in [1.807, 2.05) is 12.4 Å². The van der Waals surface area contributed by atoms with Gasteiger partial charge in [0.05, 0.1) is 35.6 Å². The average Bonchev–Trinajstić information content (AvgIpc) is 3.28. The molecule has 0 atom stereocenters. The number of anilines is 1. The van der Waals surface area contributed by atoms with Crippen LogP contribution < -0.4 is 5.73 Å². The Kier molecular flexibility index (Phi) is 3.72. The van der Waals surface area contributed by atoms with Gasteiger partial charge in [-0.2, -0.15) is 0 Å². The van der Waals surface area contributed by atoms with E-state index in [1.165, 1.54) is 12.1 Å². The van der Waals surface area contributed by atoms with Gasteiger partial charge in [-0.1, -0.05) is 0 Å². The molecule has 2 aliphatic rings. The highest BCUT2D eigenvalue weighted by Gasteiger charge is 2.47. The Balaban J connectivity index is 1.59. The highest BCUT2D eigenvalue weighted by molar-refractivity contribution is 5.77. The first kappa shape index (κ1) is 16.4. The highest BCUT2D eigenvalue weighted by atomic mass is 19.1. The smallest absolute Gasteiger partial charge is 0.220 e. The molecule has 1 aliphatic heterocycles. The fourth-order valence-electron chi connectivity index (χ4n) is 4.01. The van der Waals surface area contributed by atoms with Crippen molar-refractivity contribution < 1.29 is 9.13 Å². The number of hydrogen-bond donors (Lipinski definition) is 1. The second-order valence-corrected chi connectivity index (χ2v) is 7.36. The Labute approximate surface area is 156 Å². The van der Waals surface area contributed by atoms with E-state index in [2.05, 4.69) is 19.5 Å². The normalized spacial score (nSPS) is 24.3. The van der Waals surface area contributed by atoms with Crippen LogP contribution in [0, 0.1) is 5.82 Å². The minimum absolute atomic E-state index is 0.135. The summed E-state index contributed by atoms with van der Waals surface area (Å²) >= 11 is 0. The first-order valence-electron chi connectivity index (χ1n) is 9.19. The largest absolute Gasteiger partial charge is 0.370 e. The van der Waals surface area contributed by atoms with Crippen molar-refractivity contribution in [2.45, 2.75) is 37.3 Å². The van der Waals surface area contributed by atoms with Gasteiger partial charge >= 0.3 is 0 Å². The van der Waals surface area contributed by atoms with Gasteiger partial charge < -0.3 is 15.0 Å². The van der Waals surface area contributed by atoms with E-state index in [0.29, 0.717) is 6.04 Å². The minimum Gasteiger partial charge on any atom is -0.370 e. The summed E-state index contributed by atoms with van der Waals surface area (Å²) in [6, 6.07) is 8.54. The first-order valence-corrected chi connectivity index (χ1v) is 9.19. The molecule has 1 aromatic carbocycles. The summed E-state index contributed by atoms with van der Waals surface area (Å²) in [6.45, 7) is 0.889. The van der Waals surface area contributed by atoms with Crippen LogP contribution in [0.3, 0.4) is 0 Å². The lowest BCUT2D eigenvalue weighted by molar-refractivity contribution is 0.201. The topological polar surface area (TPSA) is 82.1 Å². The van der Waals surface area contributed by atoms with Crippen LogP contribution in [0.15, 0.2) is 42.9 Å².